The van der Waals surface area contributed by atoms with E-state index in [0.29, 0.717) is 13.0 Å². The zero-order valence-corrected chi connectivity index (χ0v) is 19.4. The Bertz CT molecular complexity index is 804. The number of amides is 2. The second-order valence-electron chi connectivity index (χ2n) is 8.17. The average molecular weight is 443 g/mol. The fourth-order valence-electron chi connectivity index (χ4n) is 3.71. The zero-order valence-electron chi connectivity index (χ0n) is 18.5. The molecule has 1 aromatic heterocycles. The van der Waals surface area contributed by atoms with Gasteiger partial charge in [0, 0.05) is 50.1 Å². The van der Waals surface area contributed by atoms with Crippen LogP contribution in [0.25, 0.3) is 0 Å². The van der Waals surface area contributed by atoms with Gasteiger partial charge in [0.1, 0.15) is 0 Å². The van der Waals surface area contributed by atoms with E-state index in [1.165, 1.54) is 0 Å². The number of piperazine rings is 1. The summed E-state index contributed by atoms with van der Waals surface area (Å²) < 4.78 is 0. The summed E-state index contributed by atoms with van der Waals surface area (Å²) in [6.45, 7) is 8.79. The van der Waals surface area contributed by atoms with Gasteiger partial charge in [-0.25, -0.2) is 0 Å². The highest BCUT2D eigenvalue weighted by atomic mass is 32.1. The second kappa shape index (κ2) is 12.0. The Morgan fingerprint density at radius 2 is 1.68 bits per heavy atom. The van der Waals surface area contributed by atoms with Crippen LogP contribution in [0.1, 0.15) is 43.2 Å². The van der Waals surface area contributed by atoms with Crippen LogP contribution in [-0.4, -0.2) is 66.9 Å². The summed E-state index contributed by atoms with van der Waals surface area (Å²) in [7, 11) is 0. The number of carbonyl (C=O) groups is 2. The summed E-state index contributed by atoms with van der Waals surface area (Å²) in [6.07, 6.45) is 1.42. The van der Waals surface area contributed by atoms with E-state index in [0.717, 1.165) is 49.6 Å². The Kier molecular flexibility index (Phi) is 9.06. The van der Waals surface area contributed by atoms with E-state index in [9.17, 15) is 9.59 Å². The van der Waals surface area contributed by atoms with Crippen LogP contribution < -0.4 is 10.6 Å². The first kappa shape index (κ1) is 23.4. The van der Waals surface area contributed by atoms with Gasteiger partial charge in [-0.2, -0.15) is 0 Å². The smallest absolute Gasteiger partial charge is 0.234 e. The molecule has 7 heteroatoms. The van der Waals surface area contributed by atoms with Gasteiger partial charge in [0.25, 0.3) is 0 Å². The van der Waals surface area contributed by atoms with Crippen molar-refractivity contribution in [2.75, 3.05) is 39.3 Å². The van der Waals surface area contributed by atoms with Crippen LogP contribution in [0.2, 0.25) is 0 Å². The number of hydrogen-bond acceptors (Lipinski definition) is 5. The molecule has 2 atom stereocenters. The predicted molar refractivity (Wildman–Crippen MR) is 126 cm³/mol. The molecule has 2 amide bonds. The van der Waals surface area contributed by atoms with Gasteiger partial charge in [-0.15, -0.1) is 11.3 Å². The van der Waals surface area contributed by atoms with Crippen molar-refractivity contribution in [3.8, 4) is 0 Å². The van der Waals surface area contributed by atoms with Crippen molar-refractivity contribution in [1.82, 2.24) is 20.4 Å². The first-order valence-corrected chi connectivity index (χ1v) is 12.0. The summed E-state index contributed by atoms with van der Waals surface area (Å²) in [5.74, 6) is 0.167. The first-order chi connectivity index (χ1) is 15.0. The van der Waals surface area contributed by atoms with Crippen molar-refractivity contribution in [3.63, 3.8) is 0 Å². The SMILES string of the molecule is CCC(C)NC(=O)CN1CCN(CCC(=O)NC(c2ccccc2)c2cccs2)CC1. The van der Waals surface area contributed by atoms with Crippen LogP contribution in [0.15, 0.2) is 47.8 Å². The van der Waals surface area contributed by atoms with Crippen molar-refractivity contribution < 1.29 is 9.59 Å². The van der Waals surface area contributed by atoms with Gasteiger partial charge < -0.3 is 15.5 Å². The molecule has 2 heterocycles. The molecule has 168 valence electrons. The molecule has 2 unspecified atom stereocenters. The maximum Gasteiger partial charge on any atom is 0.234 e. The van der Waals surface area contributed by atoms with Gasteiger partial charge in [-0.05, 0) is 30.4 Å². The van der Waals surface area contributed by atoms with Gasteiger partial charge in [0.15, 0.2) is 0 Å². The van der Waals surface area contributed by atoms with Gasteiger partial charge in [0.05, 0.1) is 12.6 Å². The maximum absolute atomic E-state index is 12.7. The molecule has 31 heavy (non-hydrogen) atoms. The average Bonchev–Trinajstić information content (AvgIpc) is 3.32. The topological polar surface area (TPSA) is 64.7 Å². The number of nitrogens with one attached hydrogen (secondary N) is 2. The third-order valence-electron chi connectivity index (χ3n) is 5.77. The minimum atomic E-state index is -0.102. The number of rotatable bonds is 10. The van der Waals surface area contributed by atoms with Gasteiger partial charge in [0.2, 0.25) is 11.8 Å². The molecule has 6 nitrogen and oxygen atoms in total. The quantitative estimate of drug-likeness (QED) is 0.594. The Labute approximate surface area is 189 Å². The molecule has 2 N–H and O–H groups in total. The second-order valence-corrected chi connectivity index (χ2v) is 9.15. The van der Waals surface area contributed by atoms with Crippen LogP contribution in [0, 0.1) is 0 Å². The lowest BCUT2D eigenvalue weighted by atomic mass is 10.1. The van der Waals surface area contributed by atoms with E-state index >= 15 is 0 Å². The molecule has 0 bridgehead atoms. The fraction of sp³-hybridized carbons (Fsp3) is 0.500. The minimum absolute atomic E-state index is 0.0672. The molecule has 0 aliphatic carbocycles. The molecule has 0 radical (unpaired) electrons. The first-order valence-electron chi connectivity index (χ1n) is 11.2. The number of carbonyl (C=O) groups excluding carboxylic acids is 2. The van der Waals surface area contributed by atoms with Crippen molar-refractivity contribution in [1.29, 1.82) is 0 Å². The molecular formula is C24H34N4O2S. The van der Waals surface area contributed by atoms with E-state index < -0.39 is 0 Å². The van der Waals surface area contributed by atoms with Gasteiger partial charge in [-0.3, -0.25) is 14.5 Å². The number of thiophene rings is 1. The summed E-state index contributed by atoms with van der Waals surface area (Å²) in [6, 6.07) is 14.3. The van der Waals surface area contributed by atoms with Gasteiger partial charge in [-0.1, -0.05) is 43.3 Å². The number of nitrogens with zero attached hydrogens (tertiary/aromatic N) is 2. The highest BCUT2D eigenvalue weighted by Crippen LogP contribution is 2.26. The summed E-state index contributed by atoms with van der Waals surface area (Å²) in [4.78, 5) is 30.4. The molecule has 1 aliphatic rings. The highest BCUT2D eigenvalue weighted by Gasteiger charge is 2.21. The summed E-state index contributed by atoms with van der Waals surface area (Å²) >= 11 is 1.66. The van der Waals surface area contributed by atoms with Crippen LogP contribution >= 0.6 is 11.3 Å². The Hall–Kier alpha value is -2.22. The van der Waals surface area contributed by atoms with Gasteiger partial charge >= 0.3 is 0 Å². The van der Waals surface area contributed by atoms with Crippen LogP contribution in [0.5, 0.6) is 0 Å². The molecule has 0 spiro atoms. The molecule has 1 aromatic carbocycles. The maximum atomic E-state index is 12.7. The Morgan fingerprint density at radius 3 is 2.32 bits per heavy atom. The normalized spacial score (nSPS) is 17.1. The standard InChI is InChI=1S/C24H34N4O2S/c1-3-19(2)25-23(30)18-28-15-13-27(14-16-28)12-11-22(29)26-24(21-10-7-17-31-21)20-8-5-4-6-9-20/h4-10,17,19,24H,3,11-16,18H2,1-2H3,(H,25,30)(H,26,29). The van der Waals surface area contributed by atoms with E-state index in [4.69, 9.17) is 0 Å². The van der Waals surface area contributed by atoms with Crippen LogP contribution in [-0.2, 0) is 9.59 Å². The summed E-state index contributed by atoms with van der Waals surface area (Å²) in [5, 5.41) is 8.28. The van der Waals surface area contributed by atoms with E-state index in [1.54, 1.807) is 11.3 Å². The molecule has 2 aromatic rings. The summed E-state index contributed by atoms with van der Waals surface area (Å²) in [5.41, 5.74) is 1.10. The molecule has 0 saturated carbocycles. The Morgan fingerprint density at radius 1 is 0.968 bits per heavy atom. The minimum Gasteiger partial charge on any atom is -0.353 e. The van der Waals surface area contributed by atoms with E-state index in [2.05, 4.69) is 45.6 Å². The fourth-order valence-corrected chi connectivity index (χ4v) is 4.51. The molecule has 1 saturated heterocycles. The van der Waals surface area contributed by atoms with E-state index in [1.807, 2.05) is 36.6 Å². The Balaban J connectivity index is 1.42. The zero-order chi connectivity index (χ0) is 22.1. The van der Waals surface area contributed by atoms with Crippen LogP contribution in [0.3, 0.4) is 0 Å². The number of hydrogen-bond donors (Lipinski definition) is 2. The predicted octanol–water partition coefficient (Wildman–Crippen LogP) is 2.88. The lowest BCUT2D eigenvalue weighted by Gasteiger charge is -2.34. The van der Waals surface area contributed by atoms with Crippen molar-refractivity contribution in [3.05, 3.63) is 58.3 Å². The lowest BCUT2D eigenvalue weighted by molar-refractivity contribution is -0.123. The van der Waals surface area contributed by atoms with Crippen molar-refractivity contribution >= 4 is 23.2 Å². The lowest BCUT2D eigenvalue weighted by Crippen LogP contribution is -2.50. The monoisotopic (exact) mass is 442 g/mol. The molecular weight excluding hydrogens is 408 g/mol. The third kappa shape index (κ3) is 7.45. The highest BCUT2D eigenvalue weighted by molar-refractivity contribution is 7.10. The van der Waals surface area contributed by atoms with Crippen LogP contribution in [0.4, 0.5) is 0 Å². The molecule has 3 rings (SSSR count). The largest absolute Gasteiger partial charge is 0.353 e. The number of benzene rings is 1. The molecule has 1 fully saturated rings. The van der Waals surface area contributed by atoms with Crippen molar-refractivity contribution in [2.45, 2.75) is 38.8 Å². The molecule has 1 aliphatic heterocycles. The van der Waals surface area contributed by atoms with Crippen molar-refractivity contribution in [2.24, 2.45) is 0 Å². The third-order valence-corrected chi connectivity index (χ3v) is 6.71. The van der Waals surface area contributed by atoms with E-state index in [-0.39, 0.29) is 23.9 Å².